The Morgan fingerprint density at radius 1 is 0.697 bits per heavy atom. The predicted octanol–water partition coefficient (Wildman–Crippen LogP) is 8.12. The van der Waals surface area contributed by atoms with E-state index in [0.717, 1.165) is 18.5 Å². The molecule has 7 heteroatoms. The normalized spacial score (nSPS) is 14.3. The van der Waals surface area contributed by atoms with E-state index in [1.165, 1.54) is 51.4 Å². The van der Waals surface area contributed by atoms with Crippen LogP contribution in [0, 0.1) is 5.92 Å². The van der Waals surface area contributed by atoms with Gasteiger partial charge in [0.2, 0.25) is 0 Å². The Morgan fingerprint density at radius 3 is 1.52 bits per heavy atom. The molecule has 33 heavy (non-hydrogen) atoms. The van der Waals surface area contributed by atoms with Gasteiger partial charge in [-0.3, -0.25) is 4.79 Å². The quantitative estimate of drug-likeness (QED) is 0.110. The topological polar surface area (TPSA) is 54.0 Å². The first kappa shape index (κ1) is 32.8. The van der Waals surface area contributed by atoms with E-state index in [9.17, 15) is 4.79 Å². The third kappa shape index (κ3) is 12.3. The van der Waals surface area contributed by atoms with Gasteiger partial charge in [-0.05, 0) is 38.4 Å². The first-order valence-corrected chi connectivity index (χ1v) is 18.3. The highest BCUT2D eigenvalue weighted by atomic mass is 28.4. The second kappa shape index (κ2) is 19.0. The van der Waals surface area contributed by atoms with Crippen LogP contribution in [0.1, 0.15) is 113 Å². The van der Waals surface area contributed by atoms with Crippen LogP contribution in [-0.4, -0.2) is 42.9 Å². The molecule has 5 nitrogen and oxygen atoms in total. The Morgan fingerprint density at radius 2 is 1.15 bits per heavy atom. The molecule has 0 aromatic rings. The number of carbonyl (C=O) groups excluding carboxylic acids is 1. The van der Waals surface area contributed by atoms with Gasteiger partial charge >= 0.3 is 8.80 Å². The Labute approximate surface area is 208 Å². The fraction of sp³-hybridized carbons (Fsp3) is 0.962. The van der Waals surface area contributed by atoms with Gasteiger partial charge in [-0.25, -0.2) is 0 Å². The zero-order chi connectivity index (χ0) is 25.2. The maximum Gasteiger partial charge on any atom is 0.501 e. The second-order valence-corrected chi connectivity index (χ2v) is 16.5. The largest absolute Gasteiger partial charge is 0.519 e. The summed E-state index contributed by atoms with van der Waals surface area (Å²) in [6, 6.07) is 2.67. The molecule has 0 radical (unpaired) electrons. The molecule has 0 aliphatic heterocycles. The molecule has 0 spiro atoms. The standard InChI is InChI=1S/C26H56O5Si2/c1-9-15-17-19-21-32(25(8)11-3,22-20-18-16-10-2)31-26(27)24(7)23-33(28-12-4,29-13-5)30-14-6/h24-25H,9-23H2,1-8H3. The van der Waals surface area contributed by atoms with Crippen molar-refractivity contribution in [2.24, 2.45) is 5.92 Å². The fourth-order valence-corrected chi connectivity index (χ4v) is 12.1. The Kier molecular flexibility index (Phi) is 18.9. The molecule has 0 aliphatic carbocycles. The first-order chi connectivity index (χ1) is 15.8. The summed E-state index contributed by atoms with van der Waals surface area (Å²) in [5.74, 6) is -0.354. The van der Waals surface area contributed by atoms with E-state index in [2.05, 4.69) is 27.7 Å². The van der Waals surface area contributed by atoms with Gasteiger partial charge in [0.05, 0.1) is 5.92 Å². The van der Waals surface area contributed by atoms with Gasteiger partial charge in [-0.2, -0.15) is 0 Å². The Balaban J connectivity index is 5.60. The van der Waals surface area contributed by atoms with Crippen molar-refractivity contribution in [1.82, 2.24) is 0 Å². The molecule has 0 rings (SSSR count). The average molecular weight is 505 g/mol. The highest BCUT2D eigenvalue weighted by Crippen LogP contribution is 2.38. The van der Waals surface area contributed by atoms with Gasteiger partial charge in [-0.1, -0.05) is 92.4 Å². The summed E-state index contributed by atoms with van der Waals surface area (Å²) in [5, 5.41) is 0. The van der Waals surface area contributed by atoms with E-state index < -0.39 is 17.1 Å². The van der Waals surface area contributed by atoms with Crippen molar-refractivity contribution in [1.29, 1.82) is 0 Å². The van der Waals surface area contributed by atoms with Crippen LogP contribution >= 0.6 is 0 Å². The van der Waals surface area contributed by atoms with Crippen molar-refractivity contribution in [3.63, 3.8) is 0 Å². The summed E-state index contributed by atoms with van der Waals surface area (Å²) >= 11 is 0. The molecule has 0 saturated heterocycles. The third-order valence-electron chi connectivity index (χ3n) is 6.77. The van der Waals surface area contributed by atoms with Crippen LogP contribution < -0.4 is 0 Å². The maximum atomic E-state index is 13.5. The number of rotatable bonds is 22. The summed E-state index contributed by atoms with van der Waals surface area (Å²) < 4.78 is 24.7. The lowest BCUT2D eigenvalue weighted by Gasteiger charge is -2.38. The lowest BCUT2D eigenvalue weighted by Crippen LogP contribution is -2.50. The molecule has 0 bridgehead atoms. The van der Waals surface area contributed by atoms with Crippen molar-refractivity contribution in [3.8, 4) is 0 Å². The molecule has 0 heterocycles. The van der Waals surface area contributed by atoms with Crippen LogP contribution in [0.4, 0.5) is 0 Å². The Hall–Kier alpha value is -0.216. The van der Waals surface area contributed by atoms with Gasteiger partial charge in [0.15, 0.2) is 0 Å². The lowest BCUT2D eigenvalue weighted by atomic mass is 10.2. The smallest absolute Gasteiger partial charge is 0.501 e. The summed E-state index contributed by atoms with van der Waals surface area (Å²) in [7, 11) is -5.10. The number of carbonyl (C=O) groups is 1. The van der Waals surface area contributed by atoms with E-state index in [4.69, 9.17) is 17.7 Å². The van der Waals surface area contributed by atoms with Crippen molar-refractivity contribution < 1.29 is 22.5 Å². The van der Waals surface area contributed by atoms with Gasteiger partial charge in [-0.15, -0.1) is 0 Å². The van der Waals surface area contributed by atoms with Crippen molar-refractivity contribution >= 4 is 23.1 Å². The van der Waals surface area contributed by atoms with Gasteiger partial charge in [0.1, 0.15) is 0 Å². The third-order valence-corrected chi connectivity index (χ3v) is 15.3. The van der Waals surface area contributed by atoms with Crippen LogP contribution in [0.5, 0.6) is 0 Å². The molecule has 0 amide bonds. The molecule has 0 aromatic heterocycles. The summed E-state index contributed by atoms with van der Waals surface area (Å²) in [5.41, 5.74) is 0.476. The molecule has 0 N–H and O–H groups in total. The molecular weight excluding hydrogens is 448 g/mol. The van der Waals surface area contributed by atoms with E-state index in [-0.39, 0.29) is 11.9 Å². The van der Waals surface area contributed by atoms with E-state index in [1.807, 2.05) is 27.7 Å². The molecule has 0 aliphatic rings. The zero-order valence-electron chi connectivity index (χ0n) is 23.3. The first-order valence-electron chi connectivity index (χ1n) is 13.9. The zero-order valence-corrected chi connectivity index (χ0v) is 25.3. The van der Waals surface area contributed by atoms with Gasteiger partial charge in [0.25, 0.3) is 14.3 Å². The van der Waals surface area contributed by atoms with Crippen molar-refractivity contribution in [3.05, 3.63) is 0 Å². The predicted molar refractivity (Wildman–Crippen MR) is 144 cm³/mol. The van der Waals surface area contributed by atoms with E-state index in [0.29, 0.717) is 31.4 Å². The minimum atomic E-state index is -2.89. The summed E-state index contributed by atoms with van der Waals surface area (Å²) in [4.78, 5) is 13.5. The van der Waals surface area contributed by atoms with Gasteiger partial charge < -0.3 is 17.7 Å². The van der Waals surface area contributed by atoms with Crippen LogP contribution in [0.15, 0.2) is 0 Å². The highest BCUT2D eigenvalue weighted by Gasteiger charge is 2.47. The number of unbranched alkanes of at least 4 members (excludes halogenated alkanes) is 6. The van der Waals surface area contributed by atoms with Gasteiger partial charge in [0, 0.05) is 25.9 Å². The molecule has 198 valence electrons. The van der Waals surface area contributed by atoms with Crippen molar-refractivity contribution in [2.75, 3.05) is 19.8 Å². The van der Waals surface area contributed by atoms with Crippen molar-refractivity contribution in [2.45, 2.75) is 137 Å². The molecule has 0 saturated carbocycles. The van der Waals surface area contributed by atoms with Crippen LogP contribution in [0.2, 0.25) is 23.7 Å². The lowest BCUT2D eigenvalue weighted by molar-refractivity contribution is -0.139. The molecule has 0 fully saturated rings. The van der Waals surface area contributed by atoms with Crippen LogP contribution in [0.3, 0.4) is 0 Å². The fourth-order valence-electron chi connectivity index (χ4n) is 4.62. The summed E-state index contributed by atoms with van der Waals surface area (Å²) in [6.45, 7) is 18.5. The summed E-state index contributed by atoms with van der Waals surface area (Å²) in [6.07, 6.45) is 10.9. The van der Waals surface area contributed by atoms with Crippen LogP contribution in [0.25, 0.3) is 0 Å². The maximum absolute atomic E-state index is 13.5. The van der Waals surface area contributed by atoms with E-state index >= 15 is 0 Å². The molecule has 2 atom stereocenters. The molecule has 0 aromatic carbocycles. The molecular formula is C26H56O5Si2. The monoisotopic (exact) mass is 504 g/mol. The van der Waals surface area contributed by atoms with Crippen LogP contribution in [-0.2, 0) is 22.5 Å². The number of hydrogen-bond acceptors (Lipinski definition) is 5. The highest BCUT2D eigenvalue weighted by molar-refractivity contribution is 6.76. The second-order valence-electron chi connectivity index (χ2n) is 9.50. The molecule has 2 unspecified atom stereocenters. The Bertz CT molecular complexity index is 460. The number of hydrogen-bond donors (Lipinski definition) is 0. The minimum Gasteiger partial charge on any atom is -0.519 e. The minimum absolute atomic E-state index is 0.0658. The average Bonchev–Trinajstić information content (AvgIpc) is 2.79. The van der Waals surface area contributed by atoms with E-state index in [1.54, 1.807) is 0 Å². The SMILES string of the molecule is CCCCCC[Si](CCCCCC)(OC(=O)C(C)C[Si](OCC)(OCC)OCC)C(C)CC.